The Hall–Kier alpha value is -2.93. The van der Waals surface area contributed by atoms with Crippen molar-refractivity contribution in [2.24, 2.45) is 5.73 Å². The lowest BCUT2D eigenvalue weighted by atomic mass is 10.1. The summed E-state index contributed by atoms with van der Waals surface area (Å²) in [5.74, 6) is -0.934. The molecule has 0 spiro atoms. The van der Waals surface area contributed by atoms with Gasteiger partial charge in [-0.3, -0.25) is 9.59 Å². The third kappa shape index (κ3) is 4.80. The van der Waals surface area contributed by atoms with Crippen LogP contribution < -0.4 is 20.7 Å². The first-order chi connectivity index (χ1) is 12.3. The SMILES string of the molecule is COc1ccc(C[NH+](C)[C@@H](C)C(=O)Nc2ccc(C(N)=O)cc2)cc1F. The van der Waals surface area contributed by atoms with Gasteiger partial charge in [-0.05, 0) is 49.4 Å². The van der Waals surface area contributed by atoms with E-state index in [1.165, 1.54) is 13.2 Å². The first kappa shape index (κ1) is 19.4. The maximum atomic E-state index is 13.8. The van der Waals surface area contributed by atoms with Crippen molar-refractivity contribution in [3.05, 3.63) is 59.4 Å². The summed E-state index contributed by atoms with van der Waals surface area (Å²) in [6.45, 7) is 2.28. The number of nitrogens with one attached hydrogen (secondary N) is 2. The van der Waals surface area contributed by atoms with Gasteiger partial charge in [0.15, 0.2) is 17.6 Å². The lowest BCUT2D eigenvalue weighted by Crippen LogP contribution is -3.12. The summed E-state index contributed by atoms with van der Waals surface area (Å²) in [4.78, 5) is 24.4. The van der Waals surface area contributed by atoms with Gasteiger partial charge in [0.1, 0.15) is 6.54 Å². The smallest absolute Gasteiger partial charge is 0.282 e. The average molecular weight is 360 g/mol. The number of halogens is 1. The number of benzene rings is 2. The summed E-state index contributed by atoms with van der Waals surface area (Å²) >= 11 is 0. The number of likely N-dealkylation sites (N-methyl/N-ethyl adjacent to an activating group) is 1. The third-order valence-electron chi connectivity index (χ3n) is 4.27. The van der Waals surface area contributed by atoms with Crippen LogP contribution >= 0.6 is 0 Å². The van der Waals surface area contributed by atoms with Gasteiger partial charge < -0.3 is 20.7 Å². The van der Waals surface area contributed by atoms with Crippen molar-refractivity contribution in [2.75, 3.05) is 19.5 Å². The molecule has 0 aliphatic carbocycles. The first-order valence-electron chi connectivity index (χ1n) is 8.17. The minimum absolute atomic E-state index is 0.177. The van der Waals surface area contributed by atoms with E-state index < -0.39 is 11.7 Å². The van der Waals surface area contributed by atoms with Crippen molar-refractivity contribution in [2.45, 2.75) is 19.5 Å². The molecule has 0 heterocycles. The number of hydrogen-bond acceptors (Lipinski definition) is 3. The van der Waals surface area contributed by atoms with E-state index in [1.54, 1.807) is 43.3 Å². The molecule has 2 atom stereocenters. The Kier molecular flexibility index (Phi) is 6.30. The molecular formula is C19H23FN3O3+. The molecule has 0 aromatic heterocycles. The number of methoxy groups -OCH3 is 1. The Bertz CT molecular complexity index is 793. The zero-order valence-corrected chi connectivity index (χ0v) is 15.0. The van der Waals surface area contributed by atoms with Crippen LogP contribution in [0.2, 0.25) is 0 Å². The number of anilines is 1. The van der Waals surface area contributed by atoms with Crippen molar-refractivity contribution in [3.8, 4) is 5.75 Å². The predicted molar refractivity (Wildman–Crippen MR) is 96.6 cm³/mol. The predicted octanol–water partition coefficient (Wildman–Crippen LogP) is 0.975. The van der Waals surface area contributed by atoms with E-state index in [4.69, 9.17) is 10.5 Å². The van der Waals surface area contributed by atoms with Gasteiger partial charge in [-0.25, -0.2) is 4.39 Å². The average Bonchev–Trinajstić information content (AvgIpc) is 2.61. The van der Waals surface area contributed by atoms with Gasteiger partial charge in [-0.1, -0.05) is 0 Å². The molecular weight excluding hydrogens is 337 g/mol. The largest absolute Gasteiger partial charge is 0.494 e. The van der Waals surface area contributed by atoms with Crippen molar-refractivity contribution in [1.82, 2.24) is 0 Å². The molecule has 0 aliphatic heterocycles. The van der Waals surface area contributed by atoms with Crippen molar-refractivity contribution in [1.29, 1.82) is 0 Å². The molecule has 0 saturated carbocycles. The molecule has 1 unspecified atom stereocenters. The van der Waals surface area contributed by atoms with Crippen LogP contribution in [0.3, 0.4) is 0 Å². The number of quaternary nitrogens is 1. The van der Waals surface area contributed by atoms with E-state index in [2.05, 4.69) is 5.32 Å². The number of nitrogens with two attached hydrogens (primary N) is 1. The van der Waals surface area contributed by atoms with Crippen molar-refractivity contribution in [3.63, 3.8) is 0 Å². The van der Waals surface area contributed by atoms with Gasteiger partial charge in [-0.2, -0.15) is 0 Å². The molecule has 6 nitrogen and oxygen atoms in total. The Balaban J connectivity index is 1.98. The summed E-state index contributed by atoms with van der Waals surface area (Å²) in [6.07, 6.45) is 0. The molecule has 26 heavy (non-hydrogen) atoms. The monoisotopic (exact) mass is 360 g/mol. The van der Waals surface area contributed by atoms with Gasteiger partial charge in [0, 0.05) is 16.8 Å². The molecule has 0 aliphatic rings. The molecule has 2 amide bonds. The minimum atomic E-state index is -0.521. The topological polar surface area (TPSA) is 85.9 Å². The minimum Gasteiger partial charge on any atom is -0.494 e. The number of carbonyl (C=O) groups excluding carboxylic acids is 2. The molecule has 0 bridgehead atoms. The fraction of sp³-hybridized carbons (Fsp3) is 0.263. The Morgan fingerprint density at radius 3 is 2.42 bits per heavy atom. The molecule has 0 fully saturated rings. The highest BCUT2D eigenvalue weighted by Crippen LogP contribution is 2.17. The van der Waals surface area contributed by atoms with E-state index in [1.807, 2.05) is 7.05 Å². The second kappa shape index (κ2) is 8.44. The van der Waals surface area contributed by atoms with Crippen LogP contribution in [0.25, 0.3) is 0 Å². The lowest BCUT2D eigenvalue weighted by Gasteiger charge is -2.21. The highest BCUT2D eigenvalue weighted by atomic mass is 19.1. The summed E-state index contributed by atoms with van der Waals surface area (Å²) in [6, 6.07) is 10.8. The summed E-state index contributed by atoms with van der Waals surface area (Å²) < 4.78 is 18.7. The van der Waals surface area contributed by atoms with Gasteiger partial charge in [0.2, 0.25) is 5.91 Å². The molecule has 0 radical (unpaired) electrons. The van der Waals surface area contributed by atoms with E-state index in [0.717, 1.165) is 10.5 Å². The summed E-state index contributed by atoms with van der Waals surface area (Å²) in [5, 5.41) is 2.80. The fourth-order valence-corrected chi connectivity index (χ4v) is 2.49. The van der Waals surface area contributed by atoms with Crippen LogP contribution in [-0.4, -0.2) is 32.0 Å². The molecule has 2 rings (SSSR count). The van der Waals surface area contributed by atoms with Crippen molar-refractivity contribution >= 4 is 17.5 Å². The highest BCUT2D eigenvalue weighted by Gasteiger charge is 2.22. The number of hydrogen-bond donors (Lipinski definition) is 3. The maximum Gasteiger partial charge on any atom is 0.282 e. The van der Waals surface area contributed by atoms with Crippen molar-refractivity contribution < 1.29 is 23.6 Å². The molecule has 138 valence electrons. The van der Waals surface area contributed by atoms with Gasteiger partial charge >= 0.3 is 0 Å². The second-order valence-corrected chi connectivity index (χ2v) is 6.14. The lowest BCUT2D eigenvalue weighted by molar-refractivity contribution is -0.907. The molecule has 2 aromatic carbocycles. The van der Waals surface area contributed by atoms with Gasteiger partial charge in [0.05, 0.1) is 14.2 Å². The van der Waals surface area contributed by atoms with E-state index >= 15 is 0 Å². The third-order valence-corrected chi connectivity index (χ3v) is 4.27. The van der Waals surface area contributed by atoms with Crippen LogP contribution in [0, 0.1) is 5.82 Å². The number of ether oxygens (including phenoxy) is 1. The maximum absolute atomic E-state index is 13.8. The molecule has 0 saturated heterocycles. The van der Waals surface area contributed by atoms with Crippen LogP contribution in [0.1, 0.15) is 22.8 Å². The van der Waals surface area contributed by atoms with Crippen LogP contribution in [0.5, 0.6) is 5.75 Å². The number of primary amides is 1. The quantitative estimate of drug-likeness (QED) is 0.688. The number of carbonyl (C=O) groups is 2. The zero-order valence-electron chi connectivity index (χ0n) is 15.0. The fourth-order valence-electron chi connectivity index (χ4n) is 2.49. The molecule has 2 aromatic rings. The van der Waals surface area contributed by atoms with E-state index in [0.29, 0.717) is 17.8 Å². The van der Waals surface area contributed by atoms with Gasteiger partial charge in [0.25, 0.3) is 5.91 Å². The summed E-state index contributed by atoms with van der Waals surface area (Å²) in [7, 11) is 3.28. The standard InChI is InChI=1S/C19H22FN3O3/c1-12(19(25)22-15-7-5-14(6-8-15)18(21)24)23(2)11-13-4-9-17(26-3)16(20)10-13/h4-10,12H,11H2,1-3H3,(H2,21,24)(H,22,25)/p+1/t12-/m0/s1. The zero-order chi connectivity index (χ0) is 19.3. The normalized spacial score (nSPS) is 12.9. The number of amides is 2. The van der Waals surface area contributed by atoms with E-state index in [-0.39, 0.29) is 17.7 Å². The number of rotatable bonds is 7. The molecule has 4 N–H and O–H groups in total. The van der Waals surface area contributed by atoms with Gasteiger partial charge in [-0.15, -0.1) is 0 Å². The van der Waals surface area contributed by atoms with E-state index in [9.17, 15) is 14.0 Å². The second-order valence-electron chi connectivity index (χ2n) is 6.14. The Morgan fingerprint density at radius 1 is 1.23 bits per heavy atom. The molecule has 7 heteroatoms. The highest BCUT2D eigenvalue weighted by molar-refractivity contribution is 5.95. The van der Waals surface area contributed by atoms with Crippen LogP contribution in [0.15, 0.2) is 42.5 Å². The Labute approximate surface area is 151 Å². The Morgan fingerprint density at radius 2 is 1.88 bits per heavy atom. The van der Waals surface area contributed by atoms with Crippen LogP contribution in [0.4, 0.5) is 10.1 Å². The summed E-state index contributed by atoms with van der Waals surface area (Å²) in [5.41, 5.74) is 6.91. The first-order valence-corrected chi connectivity index (χ1v) is 8.17. The van der Waals surface area contributed by atoms with Crippen LogP contribution in [-0.2, 0) is 11.3 Å².